The molecule has 1 aromatic carbocycles. The summed E-state index contributed by atoms with van der Waals surface area (Å²) in [7, 11) is 0. The van der Waals surface area contributed by atoms with Crippen LogP contribution in [0.5, 0.6) is 5.75 Å². The van der Waals surface area contributed by atoms with Gasteiger partial charge in [-0.1, -0.05) is 26.0 Å². The number of amides is 1. The van der Waals surface area contributed by atoms with Gasteiger partial charge >= 0.3 is 12.6 Å². The van der Waals surface area contributed by atoms with Crippen LogP contribution in [-0.4, -0.2) is 31.6 Å². The van der Waals surface area contributed by atoms with Gasteiger partial charge in [0.1, 0.15) is 5.75 Å². The maximum atomic E-state index is 12.0. The second-order valence-corrected chi connectivity index (χ2v) is 5.42. The molecule has 24 heavy (non-hydrogen) atoms. The first-order valence-electron chi connectivity index (χ1n) is 7.53. The lowest BCUT2D eigenvalue weighted by Gasteiger charge is -2.07. The number of ether oxygens (including phenoxy) is 2. The van der Waals surface area contributed by atoms with Gasteiger partial charge in [0.05, 0.1) is 0 Å². The number of benzene rings is 1. The smallest absolute Gasteiger partial charge is 0.387 e. The van der Waals surface area contributed by atoms with Crippen molar-refractivity contribution in [2.45, 2.75) is 26.9 Å². The number of esters is 1. The van der Waals surface area contributed by atoms with Crippen LogP contribution < -0.4 is 10.1 Å². The highest BCUT2D eigenvalue weighted by Gasteiger charge is 2.05. The molecule has 1 rings (SSSR count). The van der Waals surface area contributed by atoms with Crippen LogP contribution in [0.25, 0.3) is 6.08 Å². The lowest BCUT2D eigenvalue weighted by Crippen LogP contribution is -2.29. The van der Waals surface area contributed by atoms with E-state index in [1.165, 1.54) is 30.3 Å². The van der Waals surface area contributed by atoms with Crippen molar-refractivity contribution in [2.24, 2.45) is 5.92 Å². The monoisotopic (exact) mass is 341 g/mol. The first kappa shape index (κ1) is 19.6. The highest BCUT2D eigenvalue weighted by Crippen LogP contribution is 2.15. The number of carbonyl (C=O) groups excluding carboxylic acids is 2. The SMILES string of the molecule is CC(C)CCNC(=O)COC(=O)/C=C/c1ccc(OC(F)F)cc1. The largest absolute Gasteiger partial charge is 0.452 e. The van der Waals surface area contributed by atoms with Gasteiger partial charge in [0.25, 0.3) is 5.91 Å². The first-order chi connectivity index (χ1) is 11.4. The molecular formula is C17H21F2NO4. The molecule has 1 amide bonds. The summed E-state index contributed by atoms with van der Waals surface area (Å²) in [4.78, 5) is 22.9. The summed E-state index contributed by atoms with van der Waals surface area (Å²) in [6, 6.07) is 5.75. The molecule has 0 saturated carbocycles. The molecule has 0 spiro atoms. The molecule has 132 valence electrons. The van der Waals surface area contributed by atoms with Crippen molar-refractivity contribution in [3.8, 4) is 5.75 Å². The molecule has 7 heteroatoms. The van der Waals surface area contributed by atoms with Gasteiger partial charge in [0.15, 0.2) is 6.61 Å². The van der Waals surface area contributed by atoms with E-state index in [0.717, 1.165) is 12.5 Å². The maximum Gasteiger partial charge on any atom is 0.387 e. The zero-order valence-corrected chi connectivity index (χ0v) is 13.6. The van der Waals surface area contributed by atoms with E-state index < -0.39 is 12.6 Å². The van der Waals surface area contributed by atoms with Gasteiger partial charge in [0, 0.05) is 12.6 Å². The maximum absolute atomic E-state index is 12.0. The molecule has 0 aliphatic rings. The summed E-state index contributed by atoms with van der Waals surface area (Å²) in [5.41, 5.74) is 0.606. The number of hydrogen-bond acceptors (Lipinski definition) is 4. The molecule has 5 nitrogen and oxygen atoms in total. The molecule has 1 N–H and O–H groups in total. The van der Waals surface area contributed by atoms with E-state index in [0.29, 0.717) is 18.0 Å². The zero-order valence-electron chi connectivity index (χ0n) is 13.6. The Labute approximate surface area is 139 Å². The van der Waals surface area contributed by atoms with Gasteiger partial charge in [-0.15, -0.1) is 0 Å². The van der Waals surface area contributed by atoms with E-state index in [-0.39, 0.29) is 18.3 Å². The molecule has 0 saturated heterocycles. The van der Waals surface area contributed by atoms with Gasteiger partial charge in [-0.3, -0.25) is 4.79 Å². The van der Waals surface area contributed by atoms with Crippen LogP contribution in [0.15, 0.2) is 30.3 Å². The Hall–Kier alpha value is -2.44. The summed E-state index contributed by atoms with van der Waals surface area (Å²) >= 11 is 0. The molecule has 0 unspecified atom stereocenters. The third-order valence-corrected chi connectivity index (χ3v) is 2.91. The Kier molecular flexibility index (Phi) is 8.46. The minimum absolute atomic E-state index is 0.0304. The number of alkyl halides is 2. The average Bonchev–Trinajstić information content (AvgIpc) is 2.51. The van der Waals surface area contributed by atoms with Gasteiger partial charge < -0.3 is 14.8 Å². The fourth-order valence-corrected chi connectivity index (χ4v) is 1.66. The van der Waals surface area contributed by atoms with Crippen LogP contribution in [0.1, 0.15) is 25.8 Å². The van der Waals surface area contributed by atoms with Crippen LogP contribution in [-0.2, 0) is 14.3 Å². The van der Waals surface area contributed by atoms with Gasteiger partial charge in [-0.05, 0) is 36.1 Å². The van der Waals surface area contributed by atoms with Gasteiger partial charge in [0.2, 0.25) is 0 Å². The Balaban J connectivity index is 2.33. The van der Waals surface area contributed by atoms with Crippen LogP contribution in [0.2, 0.25) is 0 Å². The summed E-state index contributed by atoms with van der Waals surface area (Å²) in [5.74, 6) is -0.510. The first-order valence-corrected chi connectivity index (χ1v) is 7.53. The molecule has 1 aromatic rings. The second kappa shape index (κ2) is 10.4. The minimum Gasteiger partial charge on any atom is -0.452 e. The number of carbonyl (C=O) groups is 2. The highest BCUT2D eigenvalue weighted by atomic mass is 19.3. The predicted molar refractivity (Wildman–Crippen MR) is 85.5 cm³/mol. The fraction of sp³-hybridized carbons (Fsp3) is 0.412. The molecule has 0 aliphatic carbocycles. The van der Waals surface area contributed by atoms with Crippen molar-refractivity contribution in [2.75, 3.05) is 13.2 Å². The molecule has 0 atom stereocenters. The van der Waals surface area contributed by atoms with E-state index in [2.05, 4.69) is 10.1 Å². The summed E-state index contributed by atoms with van der Waals surface area (Å²) in [6.45, 7) is 1.40. The van der Waals surface area contributed by atoms with Crippen molar-refractivity contribution in [1.29, 1.82) is 0 Å². The lowest BCUT2D eigenvalue weighted by molar-refractivity contribution is -0.143. The molecule has 0 fully saturated rings. The third-order valence-electron chi connectivity index (χ3n) is 2.91. The van der Waals surface area contributed by atoms with Crippen LogP contribution in [0.4, 0.5) is 8.78 Å². The molecule has 0 bridgehead atoms. The third kappa shape index (κ3) is 8.87. The average molecular weight is 341 g/mol. The van der Waals surface area contributed by atoms with Crippen molar-refractivity contribution in [3.05, 3.63) is 35.9 Å². The lowest BCUT2D eigenvalue weighted by atomic mass is 10.1. The Morgan fingerprint density at radius 2 is 1.88 bits per heavy atom. The second-order valence-electron chi connectivity index (χ2n) is 5.42. The molecule has 0 radical (unpaired) electrons. The fourth-order valence-electron chi connectivity index (χ4n) is 1.66. The van der Waals surface area contributed by atoms with E-state index in [1.54, 1.807) is 0 Å². The van der Waals surface area contributed by atoms with Crippen molar-refractivity contribution < 1.29 is 27.8 Å². The van der Waals surface area contributed by atoms with E-state index in [9.17, 15) is 18.4 Å². The molecule has 0 aliphatic heterocycles. The quantitative estimate of drug-likeness (QED) is 0.554. The number of rotatable bonds is 9. The Morgan fingerprint density at radius 3 is 2.46 bits per heavy atom. The van der Waals surface area contributed by atoms with Crippen LogP contribution >= 0.6 is 0 Å². The number of halogens is 2. The number of hydrogen-bond donors (Lipinski definition) is 1. The Morgan fingerprint density at radius 1 is 1.21 bits per heavy atom. The van der Waals surface area contributed by atoms with Crippen molar-refractivity contribution in [3.63, 3.8) is 0 Å². The summed E-state index contributed by atoms with van der Waals surface area (Å²) in [5, 5.41) is 2.65. The normalized spacial score (nSPS) is 11.1. The minimum atomic E-state index is -2.88. The summed E-state index contributed by atoms with van der Waals surface area (Å²) in [6.07, 6.45) is 3.46. The zero-order chi connectivity index (χ0) is 17.9. The van der Waals surface area contributed by atoms with Crippen molar-refractivity contribution in [1.82, 2.24) is 5.32 Å². The standard InChI is InChI=1S/C17H21F2NO4/c1-12(2)9-10-20-15(21)11-23-16(22)8-5-13-3-6-14(7-4-13)24-17(18)19/h3-8,12,17H,9-11H2,1-2H3,(H,20,21)/b8-5+. The van der Waals surface area contributed by atoms with Crippen LogP contribution in [0, 0.1) is 5.92 Å². The van der Waals surface area contributed by atoms with E-state index in [4.69, 9.17) is 4.74 Å². The molecule has 0 heterocycles. The number of nitrogens with one attached hydrogen (secondary N) is 1. The molecular weight excluding hydrogens is 320 g/mol. The van der Waals surface area contributed by atoms with Crippen LogP contribution in [0.3, 0.4) is 0 Å². The van der Waals surface area contributed by atoms with Crippen molar-refractivity contribution >= 4 is 18.0 Å². The highest BCUT2D eigenvalue weighted by molar-refractivity contribution is 5.89. The van der Waals surface area contributed by atoms with Gasteiger partial charge in [-0.2, -0.15) is 8.78 Å². The Bertz CT molecular complexity index is 556. The summed E-state index contributed by atoms with van der Waals surface area (Å²) < 4.78 is 33.0. The topological polar surface area (TPSA) is 64.6 Å². The predicted octanol–water partition coefficient (Wildman–Crippen LogP) is 3.01. The molecule has 0 aromatic heterocycles. The van der Waals surface area contributed by atoms with E-state index in [1.807, 2.05) is 13.8 Å². The van der Waals surface area contributed by atoms with Gasteiger partial charge in [-0.25, -0.2) is 4.79 Å². The van der Waals surface area contributed by atoms with E-state index >= 15 is 0 Å².